The van der Waals surface area contributed by atoms with Crippen molar-refractivity contribution in [2.75, 3.05) is 6.54 Å². The SMILES string of the molecule is CCCNCc1cnc(COc2ccc(F)cc2)s1. The summed E-state index contributed by atoms with van der Waals surface area (Å²) in [5.74, 6) is 0.396. The van der Waals surface area contributed by atoms with Crippen molar-refractivity contribution in [1.29, 1.82) is 0 Å². The Balaban J connectivity index is 1.81. The Bertz CT molecular complexity index is 498. The Hall–Kier alpha value is -1.46. The fourth-order valence-electron chi connectivity index (χ4n) is 1.56. The van der Waals surface area contributed by atoms with Crippen LogP contribution in [0.4, 0.5) is 4.39 Å². The lowest BCUT2D eigenvalue weighted by Gasteiger charge is -2.03. The highest BCUT2D eigenvalue weighted by Gasteiger charge is 2.03. The molecule has 1 aromatic carbocycles. The predicted octanol–water partition coefficient (Wildman–Crippen LogP) is 3.36. The number of nitrogens with one attached hydrogen (secondary N) is 1. The number of thiazole rings is 1. The molecule has 0 saturated heterocycles. The van der Waals surface area contributed by atoms with E-state index in [0.717, 1.165) is 24.5 Å². The second-order valence-electron chi connectivity index (χ2n) is 4.14. The zero-order valence-corrected chi connectivity index (χ0v) is 11.7. The maximum atomic E-state index is 12.7. The maximum absolute atomic E-state index is 12.7. The van der Waals surface area contributed by atoms with Crippen molar-refractivity contribution in [3.63, 3.8) is 0 Å². The number of nitrogens with zero attached hydrogens (tertiary/aromatic N) is 1. The normalized spacial score (nSPS) is 10.6. The first-order chi connectivity index (χ1) is 9.28. The van der Waals surface area contributed by atoms with Crippen LogP contribution in [0.15, 0.2) is 30.5 Å². The van der Waals surface area contributed by atoms with Gasteiger partial charge in [0.2, 0.25) is 0 Å². The van der Waals surface area contributed by atoms with Gasteiger partial charge < -0.3 is 10.1 Å². The summed E-state index contributed by atoms with van der Waals surface area (Å²) >= 11 is 1.63. The van der Waals surface area contributed by atoms with E-state index in [1.807, 2.05) is 6.20 Å². The van der Waals surface area contributed by atoms with Crippen LogP contribution in [0.1, 0.15) is 23.2 Å². The standard InChI is InChI=1S/C14H17FN2OS/c1-2-7-16-8-13-9-17-14(19-13)10-18-12-5-3-11(15)4-6-12/h3-6,9,16H,2,7-8,10H2,1H3. The number of hydrogen-bond donors (Lipinski definition) is 1. The molecule has 0 aliphatic heterocycles. The molecule has 102 valence electrons. The highest BCUT2D eigenvalue weighted by molar-refractivity contribution is 7.11. The number of aromatic nitrogens is 1. The summed E-state index contributed by atoms with van der Waals surface area (Å²) in [5.41, 5.74) is 0. The van der Waals surface area contributed by atoms with Gasteiger partial charge in [0.15, 0.2) is 0 Å². The summed E-state index contributed by atoms with van der Waals surface area (Å²) in [6.07, 6.45) is 3.00. The van der Waals surface area contributed by atoms with E-state index in [-0.39, 0.29) is 5.82 Å². The average Bonchev–Trinajstić information content (AvgIpc) is 2.86. The largest absolute Gasteiger partial charge is 0.486 e. The number of halogens is 1. The second-order valence-corrected chi connectivity index (χ2v) is 5.34. The number of ether oxygens (including phenoxy) is 1. The summed E-state index contributed by atoms with van der Waals surface area (Å²) in [7, 11) is 0. The highest BCUT2D eigenvalue weighted by atomic mass is 32.1. The van der Waals surface area contributed by atoms with Crippen LogP contribution < -0.4 is 10.1 Å². The molecule has 0 amide bonds. The van der Waals surface area contributed by atoms with Gasteiger partial charge in [-0.2, -0.15) is 0 Å². The fraction of sp³-hybridized carbons (Fsp3) is 0.357. The van der Waals surface area contributed by atoms with Crippen molar-refractivity contribution in [1.82, 2.24) is 10.3 Å². The van der Waals surface area contributed by atoms with Gasteiger partial charge in [-0.25, -0.2) is 9.37 Å². The molecule has 0 bridgehead atoms. The number of benzene rings is 1. The van der Waals surface area contributed by atoms with Crippen molar-refractivity contribution >= 4 is 11.3 Å². The molecule has 1 heterocycles. The summed E-state index contributed by atoms with van der Waals surface area (Å²) in [5, 5.41) is 4.26. The molecule has 1 N–H and O–H groups in total. The molecule has 0 saturated carbocycles. The Morgan fingerprint density at radius 1 is 1.32 bits per heavy atom. The van der Waals surface area contributed by atoms with Crippen LogP contribution in [-0.2, 0) is 13.2 Å². The third-order valence-electron chi connectivity index (χ3n) is 2.50. The predicted molar refractivity (Wildman–Crippen MR) is 74.8 cm³/mol. The molecule has 0 fully saturated rings. The Kier molecular flexibility index (Phi) is 5.30. The van der Waals surface area contributed by atoms with Gasteiger partial charge in [0.25, 0.3) is 0 Å². The maximum Gasteiger partial charge on any atom is 0.140 e. The smallest absolute Gasteiger partial charge is 0.140 e. The molecule has 1 aromatic heterocycles. The summed E-state index contributed by atoms with van der Waals surface area (Å²) < 4.78 is 18.3. The molecule has 3 nitrogen and oxygen atoms in total. The van der Waals surface area contributed by atoms with Gasteiger partial charge in [-0.3, -0.25) is 0 Å². The van der Waals surface area contributed by atoms with Crippen LogP contribution >= 0.6 is 11.3 Å². The number of rotatable bonds is 7. The first kappa shape index (κ1) is 14.0. The fourth-order valence-corrected chi connectivity index (χ4v) is 2.37. The third kappa shape index (κ3) is 4.61. The van der Waals surface area contributed by atoms with Crippen LogP contribution in [0.5, 0.6) is 5.75 Å². The van der Waals surface area contributed by atoms with Gasteiger partial charge in [-0.15, -0.1) is 11.3 Å². The molecule has 0 aliphatic carbocycles. The van der Waals surface area contributed by atoms with E-state index < -0.39 is 0 Å². The van der Waals surface area contributed by atoms with Crippen molar-refractivity contribution in [2.45, 2.75) is 26.5 Å². The minimum Gasteiger partial charge on any atom is -0.486 e. The van der Waals surface area contributed by atoms with Crippen molar-refractivity contribution in [2.24, 2.45) is 0 Å². The lowest BCUT2D eigenvalue weighted by Crippen LogP contribution is -2.12. The molecule has 0 aliphatic rings. The highest BCUT2D eigenvalue weighted by Crippen LogP contribution is 2.17. The first-order valence-electron chi connectivity index (χ1n) is 6.30. The van der Waals surface area contributed by atoms with Crippen LogP contribution in [-0.4, -0.2) is 11.5 Å². The zero-order chi connectivity index (χ0) is 13.5. The summed E-state index contributed by atoms with van der Waals surface area (Å²) in [6, 6.07) is 6.01. The van der Waals surface area contributed by atoms with Crippen LogP contribution in [0.2, 0.25) is 0 Å². The Morgan fingerprint density at radius 2 is 2.11 bits per heavy atom. The molecule has 0 spiro atoms. The van der Waals surface area contributed by atoms with Gasteiger partial charge in [-0.1, -0.05) is 6.92 Å². The minimum absolute atomic E-state index is 0.258. The Morgan fingerprint density at radius 3 is 2.84 bits per heavy atom. The van der Waals surface area contributed by atoms with E-state index in [0.29, 0.717) is 12.4 Å². The molecular weight excluding hydrogens is 263 g/mol. The quantitative estimate of drug-likeness (QED) is 0.790. The lowest BCUT2D eigenvalue weighted by molar-refractivity contribution is 0.305. The van der Waals surface area contributed by atoms with E-state index in [9.17, 15) is 4.39 Å². The molecule has 5 heteroatoms. The third-order valence-corrected chi connectivity index (χ3v) is 3.47. The second kappa shape index (κ2) is 7.21. The monoisotopic (exact) mass is 280 g/mol. The van der Waals surface area contributed by atoms with Crippen LogP contribution in [0, 0.1) is 5.82 Å². The lowest BCUT2D eigenvalue weighted by atomic mass is 10.3. The molecule has 2 aromatic rings. The molecule has 0 unspecified atom stereocenters. The minimum atomic E-state index is -0.258. The van der Waals surface area contributed by atoms with Crippen LogP contribution in [0.25, 0.3) is 0 Å². The molecule has 2 rings (SSSR count). The van der Waals surface area contributed by atoms with Gasteiger partial charge in [0, 0.05) is 17.6 Å². The van der Waals surface area contributed by atoms with E-state index in [2.05, 4.69) is 17.2 Å². The topological polar surface area (TPSA) is 34.2 Å². The summed E-state index contributed by atoms with van der Waals surface area (Å²) in [6.45, 7) is 4.42. The van der Waals surface area contributed by atoms with Gasteiger partial charge in [0.1, 0.15) is 23.2 Å². The molecular formula is C14H17FN2OS. The van der Waals surface area contributed by atoms with Gasteiger partial charge in [0.05, 0.1) is 0 Å². The molecule has 19 heavy (non-hydrogen) atoms. The summed E-state index contributed by atoms with van der Waals surface area (Å²) in [4.78, 5) is 5.51. The van der Waals surface area contributed by atoms with Gasteiger partial charge in [-0.05, 0) is 37.2 Å². The van der Waals surface area contributed by atoms with E-state index in [1.165, 1.54) is 17.0 Å². The van der Waals surface area contributed by atoms with Crippen molar-refractivity contribution in [3.05, 3.63) is 46.2 Å². The number of hydrogen-bond acceptors (Lipinski definition) is 4. The zero-order valence-electron chi connectivity index (χ0n) is 10.9. The van der Waals surface area contributed by atoms with E-state index in [1.54, 1.807) is 23.5 Å². The molecule has 0 atom stereocenters. The van der Waals surface area contributed by atoms with Crippen molar-refractivity contribution < 1.29 is 9.13 Å². The first-order valence-corrected chi connectivity index (χ1v) is 7.12. The van der Waals surface area contributed by atoms with Gasteiger partial charge >= 0.3 is 0 Å². The molecule has 0 radical (unpaired) electrons. The Labute approximate surface area is 116 Å². The van der Waals surface area contributed by atoms with Crippen LogP contribution in [0.3, 0.4) is 0 Å². The van der Waals surface area contributed by atoms with E-state index >= 15 is 0 Å². The van der Waals surface area contributed by atoms with Crippen molar-refractivity contribution in [3.8, 4) is 5.75 Å². The average molecular weight is 280 g/mol. The van der Waals surface area contributed by atoms with E-state index in [4.69, 9.17) is 4.74 Å².